The molecule has 1 aliphatic heterocycles. The molecular formula is C24H32N2O2. The van der Waals surface area contributed by atoms with Crippen LogP contribution in [0.5, 0.6) is 0 Å². The number of nitrogens with zero attached hydrogens (tertiary/aromatic N) is 1. The highest BCUT2D eigenvalue weighted by Crippen LogP contribution is 2.60. The molecule has 0 unspecified atom stereocenters. The molecule has 28 heavy (non-hydrogen) atoms. The second-order valence-corrected chi connectivity index (χ2v) is 9.89. The molecule has 0 atom stereocenters. The number of hydrogen-bond acceptors (Lipinski definition) is 2. The molecule has 6 rings (SSSR count). The highest BCUT2D eigenvalue weighted by atomic mass is 16.2. The van der Waals surface area contributed by atoms with Crippen molar-refractivity contribution in [2.45, 2.75) is 64.3 Å². The third-order valence-electron chi connectivity index (χ3n) is 7.86. The predicted octanol–water partition coefficient (Wildman–Crippen LogP) is 3.68. The molecule has 4 nitrogen and oxygen atoms in total. The van der Waals surface area contributed by atoms with Gasteiger partial charge in [-0.05, 0) is 80.2 Å². The van der Waals surface area contributed by atoms with Crippen LogP contribution in [0.15, 0.2) is 24.3 Å². The van der Waals surface area contributed by atoms with Gasteiger partial charge < -0.3 is 10.2 Å². The zero-order chi connectivity index (χ0) is 19.1. The summed E-state index contributed by atoms with van der Waals surface area (Å²) >= 11 is 0. The minimum atomic E-state index is -0.0741. The molecule has 4 heteroatoms. The van der Waals surface area contributed by atoms with E-state index in [1.165, 1.54) is 30.4 Å². The van der Waals surface area contributed by atoms with E-state index in [-0.39, 0.29) is 17.2 Å². The number of fused-ring (bicyclic) bond motifs is 1. The van der Waals surface area contributed by atoms with E-state index in [2.05, 4.69) is 23.5 Å². The molecule has 4 aliphatic carbocycles. The van der Waals surface area contributed by atoms with Crippen molar-refractivity contribution < 1.29 is 9.59 Å². The fourth-order valence-electron chi connectivity index (χ4n) is 6.88. The monoisotopic (exact) mass is 380 g/mol. The summed E-state index contributed by atoms with van der Waals surface area (Å²) in [5, 5.41) is 3.20. The number of amides is 2. The first-order valence-electron chi connectivity index (χ1n) is 11.2. The third kappa shape index (κ3) is 3.35. The van der Waals surface area contributed by atoms with E-state index in [1.54, 1.807) is 0 Å². The van der Waals surface area contributed by atoms with Gasteiger partial charge in [0.2, 0.25) is 11.8 Å². The van der Waals surface area contributed by atoms with Gasteiger partial charge in [0.1, 0.15) is 0 Å². The van der Waals surface area contributed by atoms with Crippen LogP contribution in [0.1, 0.15) is 62.5 Å². The first-order chi connectivity index (χ1) is 13.6. The van der Waals surface area contributed by atoms with Crippen LogP contribution in [0.4, 0.5) is 0 Å². The lowest BCUT2D eigenvalue weighted by molar-refractivity contribution is -0.146. The summed E-state index contributed by atoms with van der Waals surface area (Å²) in [5.74, 6) is 2.88. The Hall–Kier alpha value is -1.84. The van der Waals surface area contributed by atoms with Gasteiger partial charge in [-0.1, -0.05) is 24.3 Å². The van der Waals surface area contributed by atoms with Gasteiger partial charge in [-0.25, -0.2) is 0 Å². The first-order valence-corrected chi connectivity index (χ1v) is 11.2. The van der Waals surface area contributed by atoms with Gasteiger partial charge in [0.25, 0.3) is 0 Å². The molecule has 4 bridgehead atoms. The predicted molar refractivity (Wildman–Crippen MR) is 108 cm³/mol. The Labute approximate surface area is 168 Å². The smallest absolute Gasteiger partial charge is 0.226 e. The van der Waals surface area contributed by atoms with Gasteiger partial charge in [-0.3, -0.25) is 9.59 Å². The maximum atomic E-state index is 13.0. The Balaban J connectivity index is 1.08. The molecule has 0 aromatic heterocycles. The molecule has 4 saturated carbocycles. The van der Waals surface area contributed by atoms with Crippen molar-refractivity contribution in [2.75, 3.05) is 13.1 Å². The molecule has 1 N–H and O–H groups in total. The van der Waals surface area contributed by atoms with Crippen molar-refractivity contribution in [3.8, 4) is 0 Å². The molecule has 1 aromatic carbocycles. The van der Waals surface area contributed by atoms with Crippen molar-refractivity contribution in [3.63, 3.8) is 0 Å². The minimum absolute atomic E-state index is 0.0741. The molecule has 0 saturated heterocycles. The average Bonchev–Trinajstić information content (AvgIpc) is 2.69. The summed E-state index contributed by atoms with van der Waals surface area (Å²) in [6, 6.07) is 8.41. The van der Waals surface area contributed by atoms with E-state index >= 15 is 0 Å². The number of carbonyl (C=O) groups is 2. The highest BCUT2D eigenvalue weighted by Gasteiger charge is 2.54. The summed E-state index contributed by atoms with van der Waals surface area (Å²) in [5.41, 5.74) is 2.57. The SMILES string of the molecule is O=C(CCCNC(=O)C12CC3CC(CC(C3)C1)C2)N1CCc2ccccc2C1. The zero-order valence-corrected chi connectivity index (χ0v) is 16.8. The van der Waals surface area contributed by atoms with Gasteiger partial charge >= 0.3 is 0 Å². The van der Waals surface area contributed by atoms with Crippen LogP contribution < -0.4 is 5.32 Å². The maximum Gasteiger partial charge on any atom is 0.226 e. The molecule has 150 valence electrons. The Morgan fingerprint density at radius 2 is 1.64 bits per heavy atom. The fourth-order valence-corrected chi connectivity index (χ4v) is 6.88. The summed E-state index contributed by atoms with van der Waals surface area (Å²) in [7, 11) is 0. The normalized spacial score (nSPS) is 32.9. The van der Waals surface area contributed by atoms with Crippen molar-refractivity contribution >= 4 is 11.8 Å². The first kappa shape index (κ1) is 18.2. The molecule has 0 spiro atoms. The number of nitrogens with one attached hydrogen (secondary N) is 1. The average molecular weight is 381 g/mol. The number of rotatable bonds is 5. The summed E-state index contributed by atoms with van der Waals surface area (Å²) in [4.78, 5) is 27.5. The number of hydrogen-bond donors (Lipinski definition) is 1. The largest absolute Gasteiger partial charge is 0.356 e. The second kappa shape index (κ2) is 7.20. The van der Waals surface area contributed by atoms with Crippen LogP contribution in [-0.2, 0) is 22.6 Å². The minimum Gasteiger partial charge on any atom is -0.356 e. The van der Waals surface area contributed by atoms with Crippen molar-refractivity contribution in [3.05, 3.63) is 35.4 Å². The quantitative estimate of drug-likeness (QED) is 0.792. The number of benzene rings is 1. The van der Waals surface area contributed by atoms with Gasteiger partial charge in [-0.15, -0.1) is 0 Å². The van der Waals surface area contributed by atoms with Gasteiger partial charge in [0, 0.05) is 31.5 Å². The number of carbonyl (C=O) groups excluding carboxylic acids is 2. The third-order valence-corrected chi connectivity index (χ3v) is 7.86. The van der Waals surface area contributed by atoms with Crippen LogP contribution in [0.25, 0.3) is 0 Å². The Kier molecular flexibility index (Phi) is 4.68. The topological polar surface area (TPSA) is 49.4 Å². The van der Waals surface area contributed by atoms with Crippen molar-refractivity contribution in [1.29, 1.82) is 0 Å². The summed E-state index contributed by atoms with van der Waals surface area (Å²) in [6.45, 7) is 2.18. The molecule has 0 radical (unpaired) electrons. The summed E-state index contributed by atoms with van der Waals surface area (Å²) < 4.78 is 0. The molecule has 1 aromatic rings. The maximum absolute atomic E-state index is 13.0. The lowest BCUT2D eigenvalue weighted by atomic mass is 9.49. The zero-order valence-electron chi connectivity index (χ0n) is 16.8. The van der Waals surface area contributed by atoms with Gasteiger partial charge in [0.05, 0.1) is 0 Å². The van der Waals surface area contributed by atoms with E-state index in [0.29, 0.717) is 13.0 Å². The lowest BCUT2D eigenvalue weighted by Crippen LogP contribution is -2.53. The molecule has 4 fully saturated rings. The summed E-state index contributed by atoms with van der Waals surface area (Å²) in [6.07, 6.45) is 9.63. The fraction of sp³-hybridized carbons (Fsp3) is 0.667. The lowest BCUT2D eigenvalue weighted by Gasteiger charge is -2.55. The van der Waals surface area contributed by atoms with E-state index in [1.807, 2.05) is 11.0 Å². The Morgan fingerprint density at radius 3 is 2.32 bits per heavy atom. The molecular weight excluding hydrogens is 348 g/mol. The Morgan fingerprint density at radius 1 is 1.00 bits per heavy atom. The highest BCUT2D eigenvalue weighted by molar-refractivity contribution is 5.83. The van der Waals surface area contributed by atoms with Gasteiger partial charge in [-0.2, -0.15) is 0 Å². The molecule has 2 amide bonds. The van der Waals surface area contributed by atoms with Crippen LogP contribution in [0.2, 0.25) is 0 Å². The second-order valence-electron chi connectivity index (χ2n) is 9.89. The van der Waals surface area contributed by atoms with Crippen molar-refractivity contribution in [1.82, 2.24) is 10.2 Å². The van der Waals surface area contributed by atoms with E-state index in [0.717, 1.165) is 62.9 Å². The van der Waals surface area contributed by atoms with Crippen LogP contribution in [-0.4, -0.2) is 29.8 Å². The van der Waals surface area contributed by atoms with Crippen LogP contribution >= 0.6 is 0 Å². The Bertz CT molecular complexity index is 736. The van der Waals surface area contributed by atoms with E-state index in [4.69, 9.17) is 0 Å². The van der Waals surface area contributed by atoms with Crippen LogP contribution in [0.3, 0.4) is 0 Å². The molecule has 5 aliphatic rings. The van der Waals surface area contributed by atoms with Crippen LogP contribution in [0, 0.1) is 23.2 Å². The van der Waals surface area contributed by atoms with E-state index in [9.17, 15) is 9.59 Å². The molecule has 1 heterocycles. The van der Waals surface area contributed by atoms with Gasteiger partial charge in [0.15, 0.2) is 0 Å². The van der Waals surface area contributed by atoms with E-state index < -0.39 is 0 Å². The standard InChI is InChI=1S/C24H32N2O2/c27-22(26-9-7-20-4-1-2-5-21(20)16-26)6-3-8-25-23(28)24-13-17-10-18(14-24)12-19(11-17)15-24/h1-2,4-5,17-19H,3,6-16H2,(H,25,28). The van der Waals surface area contributed by atoms with Crippen molar-refractivity contribution in [2.24, 2.45) is 23.2 Å².